The molecule has 1 aliphatic carbocycles. The van der Waals surface area contributed by atoms with Crippen LogP contribution in [0.5, 0.6) is 0 Å². The molecule has 24 heavy (non-hydrogen) atoms. The molecular weight excluding hydrogens is 307 g/mol. The molecule has 1 N–H and O–H groups in total. The molecule has 2 aromatic rings. The van der Waals surface area contributed by atoms with Crippen molar-refractivity contribution >= 4 is 22.6 Å². The van der Waals surface area contributed by atoms with Gasteiger partial charge < -0.3 is 10.2 Å². The van der Waals surface area contributed by atoms with Gasteiger partial charge in [0.2, 0.25) is 5.91 Å². The summed E-state index contributed by atoms with van der Waals surface area (Å²) in [5.41, 5.74) is 0.598. The smallest absolute Gasteiger partial charge is 0.224 e. The highest BCUT2D eigenvalue weighted by Crippen LogP contribution is 2.30. The van der Waals surface area contributed by atoms with E-state index in [-0.39, 0.29) is 17.6 Å². The highest BCUT2D eigenvalue weighted by molar-refractivity contribution is 5.90. The minimum absolute atomic E-state index is 0.0608. The second kappa shape index (κ2) is 6.34. The van der Waals surface area contributed by atoms with Crippen molar-refractivity contribution in [1.82, 2.24) is 15.3 Å². The van der Waals surface area contributed by atoms with Crippen molar-refractivity contribution in [1.29, 1.82) is 0 Å². The lowest BCUT2D eigenvalue weighted by Crippen LogP contribution is -2.44. The van der Waals surface area contributed by atoms with Crippen LogP contribution in [0.15, 0.2) is 24.5 Å². The van der Waals surface area contributed by atoms with E-state index in [1.807, 2.05) is 4.90 Å². The van der Waals surface area contributed by atoms with Crippen molar-refractivity contribution in [3.8, 4) is 0 Å². The van der Waals surface area contributed by atoms with E-state index >= 15 is 0 Å². The van der Waals surface area contributed by atoms with Gasteiger partial charge in [-0.15, -0.1) is 0 Å². The molecule has 1 saturated carbocycles. The molecule has 2 aliphatic rings. The Kier molecular flexibility index (Phi) is 4.04. The van der Waals surface area contributed by atoms with E-state index in [1.165, 1.54) is 25.2 Å². The van der Waals surface area contributed by atoms with Crippen LogP contribution >= 0.6 is 0 Å². The zero-order valence-corrected chi connectivity index (χ0v) is 13.5. The van der Waals surface area contributed by atoms with E-state index < -0.39 is 0 Å². The second-order valence-electron chi connectivity index (χ2n) is 6.80. The molecule has 1 aliphatic heterocycles. The Labute approximate surface area is 140 Å². The van der Waals surface area contributed by atoms with Gasteiger partial charge in [-0.05, 0) is 43.7 Å². The van der Waals surface area contributed by atoms with Crippen LogP contribution < -0.4 is 10.2 Å². The summed E-state index contributed by atoms with van der Waals surface area (Å²) in [6.45, 7) is 2.16. The number of aromatic nitrogens is 2. The molecule has 0 unspecified atom stereocenters. The lowest BCUT2D eigenvalue weighted by Gasteiger charge is -2.33. The number of amides is 1. The Morgan fingerprint density at radius 3 is 3.00 bits per heavy atom. The first-order valence-corrected chi connectivity index (χ1v) is 8.64. The lowest BCUT2D eigenvalue weighted by molar-refractivity contribution is -0.125. The first-order chi connectivity index (χ1) is 11.7. The normalized spacial score (nSPS) is 21.0. The fourth-order valence-corrected chi connectivity index (χ4v) is 3.39. The average molecular weight is 328 g/mol. The van der Waals surface area contributed by atoms with Crippen molar-refractivity contribution in [3.05, 3.63) is 30.3 Å². The summed E-state index contributed by atoms with van der Waals surface area (Å²) >= 11 is 0. The summed E-state index contributed by atoms with van der Waals surface area (Å²) in [4.78, 5) is 22.9. The number of anilines is 1. The van der Waals surface area contributed by atoms with Crippen LogP contribution in [0.1, 0.15) is 25.7 Å². The zero-order valence-electron chi connectivity index (χ0n) is 13.5. The van der Waals surface area contributed by atoms with Crippen molar-refractivity contribution in [2.45, 2.75) is 25.7 Å². The highest BCUT2D eigenvalue weighted by atomic mass is 19.1. The first kappa shape index (κ1) is 15.3. The molecule has 126 valence electrons. The molecule has 0 radical (unpaired) electrons. The fourth-order valence-electron chi connectivity index (χ4n) is 3.39. The van der Waals surface area contributed by atoms with Crippen LogP contribution in [-0.4, -0.2) is 35.5 Å². The first-order valence-electron chi connectivity index (χ1n) is 8.64. The molecule has 1 saturated heterocycles. The third-order valence-electron chi connectivity index (χ3n) is 4.95. The van der Waals surface area contributed by atoms with Crippen LogP contribution in [0.3, 0.4) is 0 Å². The van der Waals surface area contributed by atoms with E-state index in [1.54, 1.807) is 12.1 Å². The largest absolute Gasteiger partial charge is 0.356 e. The Balaban J connectivity index is 1.54. The Morgan fingerprint density at radius 1 is 1.29 bits per heavy atom. The molecular formula is C18H21FN4O. The summed E-state index contributed by atoms with van der Waals surface area (Å²) in [6, 6.07) is 4.87. The average Bonchev–Trinajstić information content (AvgIpc) is 3.44. The predicted molar refractivity (Wildman–Crippen MR) is 90.2 cm³/mol. The number of carbonyl (C=O) groups is 1. The molecule has 1 atom stereocenters. The van der Waals surface area contributed by atoms with Gasteiger partial charge in [0.1, 0.15) is 18.0 Å². The molecule has 2 heterocycles. The molecule has 1 aromatic heterocycles. The van der Waals surface area contributed by atoms with Gasteiger partial charge in [-0.2, -0.15) is 0 Å². The number of halogens is 1. The Hall–Kier alpha value is -2.24. The minimum atomic E-state index is -0.316. The molecule has 4 rings (SSSR count). The summed E-state index contributed by atoms with van der Waals surface area (Å²) in [5.74, 6) is 1.01. The van der Waals surface area contributed by atoms with Crippen LogP contribution in [0, 0.1) is 17.7 Å². The molecule has 6 heteroatoms. The van der Waals surface area contributed by atoms with Crippen molar-refractivity contribution in [3.63, 3.8) is 0 Å². The Bertz CT molecular complexity index is 757. The number of rotatable bonds is 4. The lowest BCUT2D eigenvalue weighted by atomic mass is 9.96. The maximum atomic E-state index is 14.3. The minimum Gasteiger partial charge on any atom is -0.356 e. The molecule has 5 nitrogen and oxygen atoms in total. The number of benzene rings is 1. The van der Waals surface area contributed by atoms with Gasteiger partial charge in [0.25, 0.3) is 0 Å². The summed E-state index contributed by atoms with van der Waals surface area (Å²) < 4.78 is 14.3. The van der Waals surface area contributed by atoms with Crippen LogP contribution in [0.25, 0.3) is 10.9 Å². The van der Waals surface area contributed by atoms with E-state index in [2.05, 4.69) is 15.3 Å². The van der Waals surface area contributed by atoms with Crippen LogP contribution in [0.2, 0.25) is 0 Å². The number of carbonyl (C=O) groups excluding carboxylic acids is 1. The van der Waals surface area contributed by atoms with E-state index in [9.17, 15) is 9.18 Å². The van der Waals surface area contributed by atoms with Crippen molar-refractivity contribution < 1.29 is 9.18 Å². The summed E-state index contributed by atoms with van der Waals surface area (Å²) in [5, 5.41) is 3.51. The van der Waals surface area contributed by atoms with Crippen molar-refractivity contribution in [2.75, 3.05) is 24.5 Å². The van der Waals surface area contributed by atoms with Crippen molar-refractivity contribution in [2.24, 2.45) is 11.8 Å². The van der Waals surface area contributed by atoms with Crippen LogP contribution in [-0.2, 0) is 4.79 Å². The van der Waals surface area contributed by atoms with E-state index in [0.717, 1.165) is 25.9 Å². The fraction of sp³-hybridized carbons (Fsp3) is 0.500. The molecule has 1 aromatic carbocycles. The number of piperidine rings is 1. The SMILES string of the molecule is O=C(NCC1CC1)[C@@H]1CCCN(c2ncnc3cccc(F)c23)C1. The molecule has 1 amide bonds. The van der Waals surface area contributed by atoms with Gasteiger partial charge in [0, 0.05) is 19.6 Å². The number of hydrogen-bond donors (Lipinski definition) is 1. The molecule has 2 fully saturated rings. The van der Waals surface area contributed by atoms with Crippen LogP contribution in [0.4, 0.5) is 10.2 Å². The standard InChI is InChI=1S/C18H21FN4O/c19-14-4-1-5-15-16(14)17(22-11-21-15)23-8-2-3-13(10-23)18(24)20-9-12-6-7-12/h1,4-5,11-13H,2-3,6-10H2,(H,20,24)/t13-/m1/s1. The number of fused-ring (bicyclic) bond motifs is 1. The number of hydrogen-bond acceptors (Lipinski definition) is 4. The van der Waals surface area contributed by atoms with Gasteiger partial charge in [-0.3, -0.25) is 4.79 Å². The highest BCUT2D eigenvalue weighted by Gasteiger charge is 2.29. The quantitative estimate of drug-likeness (QED) is 0.937. The van der Waals surface area contributed by atoms with Gasteiger partial charge in [-0.25, -0.2) is 14.4 Å². The number of nitrogens with zero attached hydrogens (tertiary/aromatic N) is 3. The van der Waals surface area contributed by atoms with Gasteiger partial charge in [0.15, 0.2) is 0 Å². The van der Waals surface area contributed by atoms with E-state index in [0.29, 0.717) is 29.2 Å². The third-order valence-corrected chi connectivity index (χ3v) is 4.95. The Morgan fingerprint density at radius 2 is 2.17 bits per heavy atom. The topological polar surface area (TPSA) is 58.1 Å². The second-order valence-corrected chi connectivity index (χ2v) is 6.80. The van der Waals surface area contributed by atoms with Gasteiger partial charge in [-0.1, -0.05) is 6.07 Å². The van der Waals surface area contributed by atoms with Gasteiger partial charge in [0.05, 0.1) is 16.8 Å². The molecule has 0 spiro atoms. The van der Waals surface area contributed by atoms with E-state index in [4.69, 9.17) is 0 Å². The summed E-state index contributed by atoms with van der Waals surface area (Å²) in [6.07, 6.45) is 5.69. The maximum absolute atomic E-state index is 14.3. The summed E-state index contributed by atoms with van der Waals surface area (Å²) in [7, 11) is 0. The number of nitrogens with one attached hydrogen (secondary N) is 1. The maximum Gasteiger partial charge on any atom is 0.224 e. The molecule has 0 bridgehead atoms. The zero-order chi connectivity index (χ0) is 16.5. The third kappa shape index (κ3) is 3.05. The predicted octanol–water partition coefficient (Wildman–Crippen LogP) is 2.51. The monoisotopic (exact) mass is 328 g/mol. The van der Waals surface area contributed by atoms with Gasteiger partial charge >= 0.3 is 0 Å².